The summed E-state index contributed by atoms with van der Waals surface area (Å²) in [5, 5.41) is 3.28. The van der Waals surface area contributed by atoms with Crippen molar-refractivity contribution < 1.29 is 9.53 Å². The molecular formula is C17H15ClN4O2. The fourth-order valence-electron chi connectivity index (χ4n) is 2.37. The van der Waals surface area contributed by atoms with Gasteiger partial charge in [0.2, 0.25) is 5.91 Å². The predicted molar refractivity (Wildman–Crippen MR) is 92.5 cm³/mol. The van der Waals surface area contributed by atoms with Gasteiger partial charge in [0.25, 0.3) is 0 Å². The molecule has 0 saturated heterocycles. The van der Waals surface area contributed by atoms with Gasteiger partial charge in [-0.2, -0.15) is 0 Å². The number of halogens is 1. The third-order valence-corrected chi connectivity index (χ3v) is 4.16. The van der Waals surface area contributed by atoms with Crippen molar-refractivity contribution in [1.82, 2.24) is 9.38 Å². The molecule has 1 amide bonds. The number of hydrogen-bond donors (Lipinski definition) is 2. The van der Waals surface area contributed by atoms with E-state index in [2.05, 4.69) is 10.3 Å². The van der Waals surface area contributed by atoms with E-state index in [0.717, 1.165) is 18.5 Å². The summed E-state index contributed by atoms with van der Waals surface area (Å²) >= 11 is 6.00. The summed E-state index contributed by atoms with van der Waals surface area (Å²) in [6, 6.07) is 8.73. The summed E-state index contributed by atoms with van der Waals surface area (Å²) < 4.78 is 7.59. The number of ether oxygens (including phenoxy) is 1. The van der Waals surface area contributed by atoms with Crippen LogP contribution >= 0.6 is 11.6 Å². The second kappa shape index (κ2) is 5.72. The number of anilines is 2. The van der Waals surface area contributed by atoms with Crippen molar-refractivity contribution in [2.75, 3.05) is 11.1 Å². The standard InChI is InChI=1S/C17H15ClN4O2/c18-13-7-11(3-5-14(13)19)24-12-4-6-16-20-15(9-22(16)8-12)21-17(23)10-1-2-10/h3-10H,1-2,19H2,(H,21,23). The van der Waals surface area contributed by atoms with E-state index in [-0.39, 0.29) is 11.8 Å². The number of amides is 1. The Morgan fingerprint density at radius 1 is 1.25 bits per heavy atom. The number of nitrogens with one attached hydrogen (secondary N) is 1. The molecule has 0 aliphatic heterocycles. The van der Waals surface area contributed by atoms with Gasteiger partial charge in [0.05, 0.1) is 23.1 Å². The predicted octanol–water partition coefficient (Wildman–Crippen LogP) is 3.71. The number of hydrogen-bond acceptors (Lipinski definition) is 4. The number of carbonyl (C=O) groups excluding carboxylic acids is 1. The number of nitrogen functional groups attached to an aromatic ring is 1. The summed E-state index contributed by atoms with van der Waals surface area (Å²) in [5.74, 6) is 1.94. The van der Waals surface area contributed by atoms with Crippen LogP contribution in [0.2, 0.25) is 5.02 Å². The number of fused-ring (bicyclic) bond motifs is 1. The highest BCUT2D eigenvalue weighted by atomic mass is 35.5. The average Bonchev–Trinajstić information content (AvgIpc) is 3.32. The third kappa shape index (κ3) is 3.00. The zero-order valence-corrected chi connectivity index (χ0v) is 13.5. The van der Waals surface area contributed by atoms with Gasteiger partial charge in [0.15, 0.2) is 5.82 Å². The van der Waals surface area contributed by atoms with Crippen LogP contribution in [-0.4, -0.2) is 15.3 Å². The second-order valence-corrected chi connectivity index (χ2v) is 6.21. The normalized spacial score (nSPS) is 13.9. The molecule has 3 aromatic rings. The molecule has 2 aromatic heterocycles. The van der Waals surface area contributed by atoms with Crippen molar-refractivity contribution in [2.24, 2.45) is 5.92 Å². The quantitative estimate of drug-likeness (QED) is 0.708. The van der Waals surface area contributed by atoms with Crippen molar-refractivity contribution in [3.8, 4) is 11.5 Å². The Balaban J connectivity index is 1.55. The van der Waals surface area contributed by atoms with Gasteiger partial charge in [0.1, 0.15) is 17.1 Å². The van der Waals surface area contributed by atoms with Crippen molar-refractivity contribution in [3.63, 3.8) is 0 Å². The van der Waals surface area contributed by atoms with Gasteiger partial charge in [-0.05, 0) is 37.1 Å². The van der Waals surface area contributed by atoms with E-state index in [4.69, 9.17) is 22.1 Å². The first-order chi connectivity index (χ1) is 11.6. The van der Waals surface area contributed by atoms with E-state index in [0.29, 0.717) is 28.0 Å². The fraction of sp³-hybridized carbons (Fsp3) is 0.176. The smallest absolute Gasteiger partial charge is 0.228 e. The molecule has 1 fully saturated rings. The van der Waals surface area contributed by atoms with E-state index in [1.165, 1.54) is 0 Å². The molecule has 2 heterocycles. The average molecular weight is 343 g/mol. The molecule has 7 heteroatoms. The van der Waals surface area contributed by atoms with E-state index in [1.807, 2.05) is 6.07 Å². The Morgan fingerprint density at radius 2 is 2.04 bits per heavy atom. The lowest BCUT2D eigenvalue weighted by molar-refractivity contribution is -0.117. The lowest BCUT2D eigenvalue weighted by atomic mass is 10.3. The Labute approximate surface area is 143 Å². The molecule has 1 aromatic carbocycles. The van der Waals surface area contributed by atoms with Crippen LogP contribution < -0.4 is 15.8 Å². The van der Waals surface area contributed by atoms with Crippen molar-refractivity contribution in [1.29, 1.82) is 0 Å². The van der Waals surface area contributed by atoms with Crippen LogP contribution in [0.1, 0.15) is 12.8 Å². The van der Waals surface area contributed by atoms with E-state index < -0.39 is 0 Å². The molecule has 1 saturated carbocycles. The van der Waals surface area contributed by atoms with Crippen LogP contribution in [0.4, 0.5) is 11.5 Å². The molecule has 1 aliphatic rings. The molecular weight excluding hydrogens is 328 g/mol. The van der Waals surface area contributed by atoms with E-state index in [1.54, 1.807) is 41.1 Å². The van der Waals surface area contributed by atoms with Crippen molar-refractivity contribution in [2.45, 2.75) is 12.8 Å². The Hall–Kier alpha value is -2.73. The van der Waals surface area contributed by atoms with Gasteiger partial charge >= 0.3 is 0 Å². The van der Waals surface area contributed by atoms with Crippen LogP contribution in [0.15, 0.2) is 42.7 Å². The highest BCUT2D eigenvalue weighted by Gasteiger charge is 2.29. The molecule has 6 nitrogen and oxygen atoms in total. The highest BCUT2D eigenvalue weighted by Crippen LogP contribution is 2.31. The molecule has 0 radical (unpaired) electrons. The summed E-state index contributed by atoms with van der Waals surface area (Å²) in [5.41, 5.74) is 6.92. The molecule has 3 N–H and O–H groups in total. The number of carbonyl (C=O) groups is 1. The fourth-order valence-corrected chi connectivity index (χ4v) is 2.54. The number of pyridine rings is 1. The molecule has 122 valence electrons. The van der Waals surface area contributed by atoms with Crippen molar-refractivity contribution in [3.05, 3.63) is 47.7 Å². The maximum absolute atomic E-state index is 11.8. The van der Waals surface area contributed by atoms with Crippen LogP contribution in [0.25, 0.3) is 5.65 Å². The SMILES string of the molecule is Nc1ccc(Oc2ccc3nc(NC(=O)C4CC4)cn3c2)cc1Cl. The first kappa shape index (κ1) is 14.8. The first-order valence-corrected chi connectivity index (χ1v) is 7.99. The minimum absolute atomic E-state index is 0.0337. The second-order valence-electron chi connectivity index (χ2n) is 5.81. The topological polar surface area (TPSA) is 81.7 Å². The van der Waals surface area contributed by atoms with Gasteiger partial charge in [-0.15, -0.1) is 0 Å². The van der Waals surface area contributed by atoms with Gasteiger partial charge in [-0.1, -0.05) is 11.6 Å². The lowest BCUT2D eigenvalue weighted by Crippen LogP contribution is -2.13. The maximum atomic E-state index is 11.8. The molecule has 0 bridgehead atoms. The Bertz CT molecular complexity index is 933. The molecule has 1 aliphatic carbocycles. The maximum Gasteiger partial charge on any atom is 0.228 e. The highest BCUT2D eigenvalue weighted by molar-refractivity contribution is 6.33. The monoisotopic (exact) mass is 342 g/mol. The van der Waals surface area contributed by atoms with E-state index in [9.17, 15) is 4.79 Å². The van der Waals surface area contributed by atoms with Gasteiger partial charge in [-0.3, -0.25) is 4.79 Å². The number of aromatic nitrogens is 2. The number of imidazole rings is 1. The molecule has 0 atom stereocenters. The minimum Gasteiger partial charge on any atom is -0.456 e. The molecule has 4 rings (SSSR count). The lowest BCUT2D eigenvalue weighted by Gasteiger charge is -2.07. The third-order valence-electron chi connectivity index (χ3n) is 3.83. The van der Waals surface area contributed by atoms with Crippen LogP contribution in [0, 0.1) is 5.92 Å². The molecule has 24 heavy (non-hydrogen) atoms. The van der Waals surface area contributed by atoms with Gasteiger partial charge in [-0.25, -0.2) is 4.98 Å². The Kier molecular flexibility index (Phi) is 3.54. The zero-order valence-electron chi connectivity index (χ0n) is 12.7. The largest absolute Gasteiger partial charge is 0.456 e. The molecule has 0 spiro atoms. The minimum atomic E-state index is 0.0337. The number of nitrogens with two attached hydrogens (primary N) is 1. The first-order valence-electron chi connectivity index (χ1n) is 7.61. The summed E-state index contributed by atoms with van der Waals surface area (Å²) in [4.78, 5) is 16.2. The van der Waals surface area contributed by atoms with Gasteiger partial charge < -0.3 is 20.2 Å². The summed E-state index contributed by atoms with van der Waals surface area (Å²) in [6.07, 6.45) is 5.47. The van der Waals surface area contributed by atoms with E-state index >= 15 is 0 Å². The number of nitrogens with zero attached hydrogens (tertiary/aromatic N) is 2. The zero-order chi connectivity index (χ0) is 16.7. The van der Waals surface area contributed by atoms with Crippen LogP contribution in [0.3, 0.4) is 0 Å². The summed E-state index contributed by atoms with van der Waals surface area (Å²) in [7, 11) is 0. The van der Waals surface area contributed by atoms with Gasteiger partial charge in [0, 0.05) is 12.0 Å². The summed E-state index contributed by atoms with van der Waals surface area (Å²) in [6.45, 7) is 0. The number of rotatable bonds is 4. The molecule has 0 unspecified atom stereocenters. The number of benzene rings is 1. The van der Waals surface area contributed by atoms with Crippen LogP contribution in [0.5, 0.6) is 11.5 Å². The van der Waals surface area contributed by atoms with Crippen LogP contribution in [-0.2, 0) is 4.79 Å². The van der Waals surface area contributed by atoms with Crippen molar-refractivity contribution >= 4 is 34.7 Å². The Morgan fingerprint density at radius 3 is 2.79 bits per heavy atom.